The third-order valence-electron chi connectivity index (χ3n) is 4.04. The minimum absolute atomic E-state index is 0.215. The van der Waals surface area contributed by atoms with E-state index in [0.29, 0.717) is 4.73 Å². The molecule has 6 nitrogen and oxygen atoms in total. The molecular formula is C20H18N2O4. The molecule has 0 unspecified atom stereocenters. The van der Waals surface area contributed by atoms with E-state index in [4.69, 9.17) is 4.74 Å². The predicted molar refractivity (Wildman–Crippen MR) is 96.2 cm³/mol. The van der Waals surface area contributed by atoms with E-state index in [2.05, 4.69) is 5.32 Å². The fourth-order valence-electron chi connectivity index (χ4n) is 2.75. The quantitative estimate of drug-likeness (QED) is 0.435. The Morgan fingerprint density at radius 3 is 2.54 bits per heavy atom. The highest BCUT2D eigenvalue weighted by atomic mass is 16.5. The number of carbonyl (C=O) groups excluding carboxylic acids is 2. The summed E-state index contributed by atoms with van der Waals surface area (Å²) >= 11 is 0. The number of hydrogen-bond donors (Lipinski definition) is 1. The predicted octanol–water partition coefficient (Wildman–Crippen LogP) is 2.51. The molecule has 2 aromatic carbocycles. The highest BCUT2D eigenvalue weighted by Crippen LogP contribution is 2.23. The van der Waals surface area contributed by atoms with Crippen molar-refractivity contribution < 1.29 is 19.1 Å². The van der Waals surface area contributed by atoms with Gasteiger partial charge in [0.05, 0.1) is 11.6 Å². The van der Waals surface area contributed by atoms with Crippen LogP contribution in [0.25, 0.3) is 10.8 Å². The van der Waals surface area contributed by atoms with Gasteiger partial charge in [0.25, 0.3) is 5.91 Å². The number of pyridine rings is 1. The van der Waals surface area contributed by atoms with E-state index < -0.39 is 11.9 Å². The van der Waals surface area contributed by atoms with E-state index in [1.54, 1.807) is 0 Å². The smallest absolute Gasteiger partial charge is 0.339 e. The largest absolute Gasteiger partial charge is 0.619 e. The Balaban J connectivity index is 1.60. The highest BCUT2D eigenvalue weighted by molar-refractivity contribution is 5.91. The van der Waals surface area contributed by atoms with Crippen molar-refractivity contribution in [2.24, 2.45) is 0 Å². The summed E-state index contributed by atoms with van der Waals surface area (Å²) in [5.41, 5.74) is 1.21. The Labute approximate surface area is 150 Å². The number of amides is 1. The van der Waals surface area contributed by atoms with Crippen molar-refractivity contribution in [1.82, 2.24) is 5.32 Å². The Kier molecular flexibility index (Phi) is 5.12. The molecule has 0 saturated heterocycles. The van der Waals surface area contributed by atoms with Crippen LogP contribution < -0.4 is 10.0 Å². The second-order valence-corrected chi connectivity index (χ2v) is 5.88. The number of carbonyl (C=O) groups is 2. The average molecular weight is 350 g/mol. The third kappa shape index (κ3) is 3.97. The number of rotatable bonds is 5. The van der Waals surface area contributed by atoms with Crippen LogP contribution in [0.4, 0.5) is 0 Å². The molecule has 0 saturated carbocycles. The van der Waals surface area contributed by atoms with Crippen LogP contribution in [0, 0.1) is 5.21 Å². The summed E-state index contributed by atoms with van der Waals surface area (Å²) in [5.74, 6) is -1.05. The minimum Gasteiger partial charge on any atom is -0.619 e. The lowest BCUT2D eigenvalue weighted by atomic mass is 10.00. The number of esters is 1. The lowest BCUT2D eigenvalue weighted by Gasteiger charge is -2.16. The molecule has 0 spiro atoms. The van der Waals surface area contributed by atoms with E-state index in [-0.39, 0.29) is 18.2 Å². The highest BCUT2D eigenvalue weighted by Gasteiger charge is 2.15. The summed E-state index contributed by atoms with van der Waals surface area (Å²) in [7, 11) is 0. The van der Waals surface area contributed by atoms with Gasteiger partial charge in [0.15, 0.2) is 19.0 Å². The lowest BCUT2D eigenvalue weighted by Crippen LogP contribution is -2.31. The zero-order valence-electron chi connectivity index (χ0n) is 14.2. The monoisotopic (exact) mass is 350 g/mol. The molecule has 0 aliphatic carbocycles. The number of hydrogen-bond acceptors (Lipinski definition) is 4. The first-order valence-electron chi connectivity index (χ1n) is 8.17. The summed E-state index contributed by atoms with van der Waals surface area (Å²) in [6, 6.07) is 16.3. The number of fused-ring (bicyclic) bond motifs is 1. The number of benzene rings is 2. The Hall–Kier alpha value is -3.41. The maximum atomic E-state index is 12.1. The average Bonchev–Trinajstić information content (AvgIpc) is 2.66. The minimum atomic E-state index is -0.654. The Bertz CT molecular complexity index is 933. The van der Waals surface area contributed by atoms with Gasteiger partial charge < -0.3 is 15.3 Å². The zero-order chi connectivity index (χ0) is 18.5. The lowest BCUT2D eigenvalue weighted by molar-refractivity contribution is -0.605. The van der Waals surface area contributed by atoms with Crippen molar-refractivity contribution >= 4 is 22.6 Å². The maximum absolute atomic E-state index is 12.1. The van der Waals surface area contributed by atoms with Gasteiger partial charge in [0, 0.05) is 12.1 Å². The molecule has 3 aromatic rings. The number of nitrogens with zero attached hydrogens (tertiary/aromatic N) is 1. The fourth-order valence-corrected chi connectivity index (χ4v) is 2.75. The molecule has 1 aromatic heterocycles. The van der Waals surface area contributed by atoms with Crippen molar-refractivity contribution in [2.75, 3.05) is 6.61 Å². The van der Waals surface area contributed by atoms with Crippen LogP contribution in [0.15, 0.2) is 67.0 Å². The molecule has 0 aliphatic heterocycles. The standard InChI is InChI=1S/C20H18N2O4/c1-14(17-8-4-6-15-5-2-3-7-18(15)17)21-19(23)13-26-20(24)16-9-11-22(25)12-10-16/h2-12,14H,13H2,1H3,(H,21,23)/t14-/m0/s1. The molecular weight excluding hydrogens is 332 g/mol. The molecule has 0 bridgehead atoms. The van der Waals surface area contributed by atoms with Gasteiger partial charge in [-0.15, -0.1) is 0 Å². The van der Waals surface area contributed by atoms with Crippen molar-refractivity contribution in [3.05, 3.63) is 83.3 Å². The van der Waals surface area contributed by atoms with E-state index >= 15 is 0 Å². The summed E-state index contributed by atoms with van der Waals surface area (Å²) in [6.07, 6.45) is 2.39. The van der Waals surface area contributed by atoms with Crippen LogP contribution in [0.5, 0.6) is 0 Å². The Morgan fingerprint density at radius 2 is 1.77 bits per heavy atom. The molecule has 0 radical (unpaired) electrons. The van der Waals surface area contributed by atoms with Crippen LogP contribution >= 0.6 is 0 Å². The second-order valence-electron chi connectivity index (χ2n) is 5.88. The van der Waals surface area contributed by atoms with Gasteiger partial charge in [-0.3, -0.25) is 4.79 Å². The first kappa shape index (κ1) is 17.4. The van der Waals surface area contributed by atoms with Gasteiger partial charge in [-0.1, -0.05) is 42.5 Å². The van der Waals surface area contributed by atoms with Crippen LogP contribution in [-0.4, -0.2) is 18.5 Å². The van der Waals surface area contributed by atoms with Gasteiger partial charge >= 0.3 is 5.97 Å². The van der Waals surface area contributed by atoms with Gasteiger partial charge in [0.2, 0.25) is 0 Å². The third-order valence-corrected chi connectivity index (χ3v) is 4.04. The summed E-state index contributed by atoms with van der Waals surface area (Å²) < 4.78 is 5.56. The topological polar surface area (TPSA) is 82.3 Å². The van der Waals surface area contributed by atoms with E-state index in [9.17, 15) is 14.8 Å². The summed E-state index contributed by atoms with van der Waals surface area (Å²) in [4.78, 5) is 24.0. The number of ether oxygens (including phenoxy) is 1. The van der Waals surface area contributed by atoms with Crippen molar-refractivity contribution in [1.29, 1.82) is 0 Å². The molecule has 1 N–H and O–H groups in total. The van der Waals surface area contributed by atoms with Crippen molar-refractivity contribution in [3.8, 4) is 0 Å². The van der Waals surface area contributed by atoms with Gasteiger partial charge in [-0.05, 0) is 23.3 Å². The molecule has 0 aliphatic rings. The fraction of sp³-hybridized carbons (Fsp3) is 0.150. The molecule has 1 heterocycles. The van der Waals surface area contributed by atoms with Crippen LogP contribution in [-0.2, 0) is 9.53 Å². The first-order valence-corrected chi connectivity index (χ1v) is 8.17. The zero-order valence-corrected chi connectivity index (χ0v) is 14.2. The molecule has 3 rings (SSSR count). The van der Waals surface area contributed by atoms with Gasteiger partial charge in [-0.2, -0.15) is 4.73 Å². The van der Waals surface area contributed by atoms with E-state index in [0.717, 1.165) is 16.3 Å². The number of aromatic nitrogens is 1. The number of nitrogens with one attached hydrogen (secondary N) is 1. The Morgan fingerprint density at radius 1 is 1.08 bits per heavy atom. The second kappa shape index (κ2) is 7.65. The molecule has 0 fully saturated rings. The van der Waals surface area contributed by atoms with Crippen LogP contribution in [0.2, 0.25) is 0 Å². The van der Waals surface area contributed by atoms with Crippen LogP contribution in [0.1, 0.15) is 28.9 Å². The molecule has 1 amide bonds. The maximum Gasteiger partial charge on any atom is 0.339 e. The SMILES string of the molecule is C[C@H](NC(=O)COC(=O)c1cc[n+]([O-])cc1)c1cccc2ccccc12. The van der Waals surface area contributed by atoms with Crippen molar-refractivity contribution in [2.45, 2.75) is 13.0 Å². The molecule has 26 heavy (non-hydrogen) atoms. The molecule has 6 heteroatoms. The van der Waals surface area contributed by atoms with E-state index in [1.807, 2.05) is 49.4 Å². The van der Waals surface area contributed by atoms with E-state index in [1.165, 1.54) is 24.5 Å². The first-order chi connectivity index (χ1) is 12.5. The van der Waals surface area contributed by atoms with Crippen molar-refractivity contribution in [3.63, 3.8) is 0 Å². The molecule has 132 valence electrons. The van der Waals surface area contributed by atoms with Gasteiger partial charge in [-0.25, -0.2) is 4.79 Å². The summed E-state index contributed by atoms with van der Waals surface area (Å²) in [5, 5.41) is 16.0. The van der Waals surface area contributed by atoms with Gasteiger partial charge in [0.1, 0.15) is 0 Å². The molecule has 1 atom stereocenters. The van der Waals surface area contributed by atoms with Crippen LogP contribution in [0.3, 0.4) is 0 Å². The normalized spacial score (nSPS) is 11.7. The summed E-state index contributed by atoms with van der Waals surface area (Å²) in [6.45, 7) is 1.49.